The molecule has 0 aromatic carbocycles. The predicted octanol–water partition coefficient (Wildman–Crippen LogP) is 2.57. The maximum Gasteiger partial charge on any atom is 0.410 e. The molecule has 2 aliphatic heterocycles. The molecule has 1 fully saturated rings. The molecule has 3 heterocycles. The number of carbonyl (C=O) groups excluding carboxylic acids is 3. The van der Waals surface area contributed by atoms with Crippen molar-refractivity contribution in [2.75, 3.05) is 26.7 Å². The molecule has 0 aliphatic carbocycles. The third kappa shape index (κ3) is 4.52. The number of esters is 1. The second-order valence-corrected chi connectivity index (χ2v) is 8.55. The number of fused-ring (bicyclic) bond motifs is 1. The summed E-state index contributed by atoms with van der Waals surface area (Å²) in [5, 5.41) is 0. The van der Waals surface area contributed by atoms with Crippen molar-refractivity contribution in [1.29, 1.82) is 0 Å². The number of aromatic nitrogens is 1. The van der Waals surface area contributed by atoms with Crippen molar-refractivity contribution in [2.24, 2.45) is 0 Å². The number of carbonyl (C=O) groups is 3. The van der Waals surface area contributed by atoms with E-state index in [0.29, 0.717) is 55.7 Å². The number of piperidine rings is 1. The van der Waals surface area contributed by atoms with Crippen LogP contribution in [-0.2, 0) is 15.9 Å². The molecule has 8 heteroatoms. The van der Waals surface area contributed by atoms with Crippen molar-refractivity contribution in [2.45, 2.75) is 58.6 Å². The summed E-state index contributed by atoms with van der Waals surface area (Å²) in [7, 11) is 1.31. The average molecular weight is 403 g/mol. The van der Waals surface area contributed by atoms with E-state index in [4.69, 9.17) is 9.47 Å². The Morgan fingerprint density at radius 3 is 2.41 bits per heavy atom. The summed E-state index contributed by atoms with van der Waals surface area (Å²) in [6.07, 6.45) is 1.73. The molecule has 8 nitrogen and oxygen atoms in total. The molecule has 0 unspecified atom stereocenters. The van der Waals surface area contributed by atoms with Crippen LogP contribution in [0, 0.1) is 6.92 Å². The van der Waals surface area contributed by atoms with Gasteiger partial charge in [0.05, 0.1) is 29.6 Å². The van der Waals surface area contributed by atoms with Crippen molar-refractivity contribution >= 4 is 18.0 Å². The van der Waals surface area contributed by atoms with Crippen LogP contribution >= 0.6 is 0 Å². The minimum Gasteiger partial charge on any atom is -0.465 e. The van der Waals surface area contributed by atoms with Crippen molar-refractivity contribution < 1.29 is 23.9 Å². The van der Waals surface area contributed by atoms with E-state index < -0.39 is 11.6 Å². The molecule has 1 aromatic heterocycles. The Morgan fingerprint density at radius 2 is 1.83 bits per heavy atom. The fourth-order valence-corrected chi connectivity index (χ4v) is 3.86. The van der Waals surface area contributed by atoms with Gasteiger partial charge in [0.15, 0.2) is 0 Å². The number of pyridine rings is 1. The Hall–Kier alpha value is -2.64. The van der Waals surface area contributed by atoms with E-state index in [0.717, 1.165) is 5.69 Å². The number of amides is 2. The standard InChI is InChI=1S/C21H29N3O5/c1-13-15(19(26)28-5)12-16-17(22-13)8-11-24(18(16)25)14-6-9-23(10-7-14)20(27)29-21(2,3)4/h12,14H,6-11H2,1-5H3. The highest BCUT2D eigenvalue weighted by atomic mass is 16.6. The third-order valence-corrected chi connectivity index (χ3v) is 5.34. The molecular formula is C21H29N3O5. The van der Waals surface area contributed by atoms with Crippen LogP contribution in [0.15, 0.2) is 6.07 Å². The molecule has 3 rings (SSSR count). The maximum atomic E-state index is 13.1. The van der Waals surface area contributed by atoms with Crippen molar-refractivity contribution in [3.8, 4) is 0 Å². The molecule has 0 radical (unpaired) electrons. The van der Waals surface area contributed by atoms with Crippen molar-refractivity contribution in [3.05, 3.63) is 28.6 Å². The first kappa shape index (κ1) is 21.1. The monoisotopic (exact) mass is 403 g/mol. The lowest BCUT2D eigenvalue weighted by Crippen LogP contribution is -2.51. The molecule has 2 aliphatic rings. The van der Waals surface area contributed by atoms with Crippen LogP contribution in [0.5, 0.6) is 0 Å². The minimum absolute atomic E-state index is 0.0530. The van der Waals surface area contributed by atoms with Gasteiger partial charge in [-0.05, 0) is 46.6 Å². The summed E-state index contributed by atoms with van der Waals surface area (Å²) in [5.74, 6) is -0.604. The highest BCUT2D eigenvalue weighted by Gasteiger charge is 2.35. The third-order valence-electron chi connectivity index (χ3n) is 5.34. The summed E-state index contributed by atoms with van der Waals surface area (Å²) in [5.41, 5.74) is 1.56. The van der Waals surface area contributed by atoms with E-state index in [1.165, 1.54) is 7.11 Å². The number of rotatable bonds is 2. The Kier molecular flexibility index (Phi) is 5.82. The number of hydrogen-bond donors (Lipinski definition) is 0. The van der Waals surface area contributed by atoms with Gasteiger partial charge in [-0.2, -0.15) is 0 Å². The lowest BCUT2D eigenvalue weighted by molar-refractivity contribution is 0.0144. The number of aryl methyl sites for hydroxylation is 1. The molecule has 1 aromatic rings. The number of hydrogen-bond acceptors (Lipinski definition) is 6. The zero-order chi connectivity index (χ0) is 21.3. The fourth-order valence-electron chi connectivity index (χ4n) is 3.86. The Balaban J connectivity index is 1.70. The lowest BCUT2D eigenvalue weighted by atomic mass is 9.96. The molecule has 0 atom stereocenters. The molecule has 0 N–H and O–H groups in total. The molecular weight excluding hydrogens is 374 g/mol. The second-order valence-electron chi connectivity index (χ2n) is 8.55. The van der Waals surface area contributed by atoms with Crippen LogP contribution in [0.2, 0.25) is 0 Å². The van der Waals surface area contributed by atoms with E-state index in [1.54, 1.807) is 17.9 Å². The van der Waals surface area contributed by atoms with E-state index >= 15 is 0 Å². The van der Waals surface area contributed by atoms with Crippen LogP contribution in [0.25, 0.3) is 0 Å². The van der Waals surface area contributed by atoms with Gasteiger partial charge in [0.2, 0.25) is 0 Å². The zero-order valence-electron chi connectivity index (χ0n) is 17.8. The average Bonchev–Trinajstić information content (AvgIpc) is 2.66. The van der Waals surface area contributed by atoms with Crippen LogP contribution < -0.4 is 0 Å². The van der Waals surface area contributed by atoms with Gasteiger partial charge in [-0.25, -0.2) is 9.59 Å². The van der Waals surface area contributed by atoms with Gasteiger partial charge >= 0.3 is 12.1 Å². The van der Waals surface area contributed by atoms with Crippen LogP contribution in [0.4, 0.5) is 4.79 Å². The summed E-state index contributed by atoms with van der Waals surface area (Å²) in [6, 6.07) is 1.66. The molecule has 29 heavy (non-hydrogen) atoms. The lowest BCUT2D eigenvalue weighted by Gasteiger charge is -2.40. The van der Waals surface area contributed by atoms with Gasteiger partial charge in [0.1, 0.15) is 5.60 Å². The SMILES string of the molecule is COC(=O)c1cc2c(nc1C)CCN(C1CCN(C(=O)OC(C)(C)C)CC1)C2=O. The molecule has 158 valence electrons. The molecule has 2 amide bonds. The van der Waals surface area contributed by atoms with E-state index in [1.807, 2.05) is 25.7 Å². The zero-order valence-corrected chi connectivity index (χ0v) is 17.8. The van der Waals surface area contributed by atoms with Crippen LogP contribution in [0.1, 0.15) is 65.7 Å². The number of likely N-dealkylation sites (tertiary alicyclic amines) is 1. The van der Waals surface area contributed by atoms with Crippen LogP contribution in [-0.4, -0.2) is 71.1 Å². The summed E-state index contributed by atoms with van der Waals surface area (Å²) >= 11 is 0. The summed E-state index contributed by atoms with van der Waals surface area (Å²) in [6.45, 7) is 8.98. The first-order valence-corrected chi connectivity index (χ1v) is 9.98. The smallest absolute Gasteiger partial charge is 0.410 e. The van der Waals surface area contributed by atoms with E-state index in [9.17, 15) is 14.4 Å². The fraction of sp³-hybridized carbons (Fsp3) is 0.619. The first-order chi connectivity index (χ1) is 13.6. The normalized spacial score (nSPS) is 17.8. The Labute approximate surface area is 171 Å². The Bertz CT molecular complexity index is 822. The predicted molar refractivity (Wildman–Crippen MR) is 106 cm³/mol. The molecule has 0 spiro atoms. The van der Waals surface area contributed by atoms with Gasteiger partial charge in [0, 0.05) is 32.1 Å². The highest BCUT2D eigenvalue weighted by Crippen LogP contribution is 2.26. The van der Waals surface area contributed by atoms with Crippen molar-refractivity contribution in [1.82, 2.24) is 14.8 Å². The maximum absolute atomic E-state index is 13.1. The van der Waals surface area contributed by atoms with Crippen molar-refractivity contribution in [3.63, 3.8) is 0 Å². The first-order valence-electron chi connectivity index (χ1n) is 9.98. The summed E-state index contributed by atoms with van der Waals surface area (Å²) < 4.78 is 10.2. The Morgan fingerprint density at radius 1 is 1.17 bits per heavy atom. The van der Waals surface area contributed by atoms with Gasteiger partial charge < -0.3 is 19.3 Å². The highest BCUT2D eigenvalue weighted by molar-refractivity contribution is 6.00. The number of ether oxygens (including phenoxy) is 2. The minimum atomic E-state index is -0.525. The van der Waals surface area contributed by atoms with Crippen LogP contribution in [0.3, 0.4) is 0 Å². The second kappa shape index (κ2) is 8.00. The van der Waals surface area contributed by atoms with Gasteiger partial charge in [-0.15, -0.1) is 0 Å². The number of methoxy groups -OCH3 is 1. The van der Waals surface area contributed by atoms with Gasteiger partial charge in [-0.1, -0.05) is 0 Å². The molecule has 1 saturated heterocycles. The molecule has 0 bridgehead atoms. The number of nitrogens with zero attached hydrogens (tertiary/aromatic N) is 3. The van der Waals surface area contributed by atoms with E-state index in [2.05, 4.69) is 4.98 Å². The topological polar surface area (TPSA) is 89.0 Å². The molecule has 0 saturated carbocycles. The summed E-state index contributed by atoms with van der Waals surface area (Å²) in [4.78, 5) is 45.4. The van der Waals surface area contributed by atoms with Gasteiger partial charge in [0.25, 0.3) is 5.91 Å². The quantitative estimate of drug-likeness (QED) is 0.705. The van der Waals surface area contributed by atoms with E-state index in [-0.39, 0.29) is 18.0 Å². The largest absolute Gasteiger partial charge is 0.465 e. The van der Waals surface area contributed by atoms with Gasteiger partial charge in [-0.3, -0.25) is 9.78 Å².